The van der Waals surface area contributed by atoms with Crippen LogP contribution in [-0.4, -0.2) is 14.9 Å². The molecule has 2 N–H and O–H groups in total. The topological polar surface area (TPSA) is 74.2 Å². The van der Waals surface area contributed by atoms with Crippen molar-refractivity contribution in [1.82, 2.24) is 10.1 Å². The third kappa shape index (κ3) is 4.77. The highest BCUT2D eigenvalue weighted by Crippen LogP contribution is 2.26. The Morgan fingerprint density at radius 3 is 2.85 bits per heavy atom. The lowest BCUT2D eigenvalue weighted by Gasteiger charge is -2.15. The number of nitrogen functional groups attached to an aromatic ring is 1. The summed E-state index contributed by atoms with van der Waals surface area (Å²) in [7, 11) is 0. The molecule has 1 aromatic carbocycles. The Labute approximate surface area is 122 Å². The van der Waals surface area contributed by atoms with Gasteiger partial charge in [0.25, 0.3) is 5.89 Å². The number of aromatic nitrogens is 2. The second-order valence-corrected chi connectivity index (χ2v) is 7.17. The van der Waals surface area contributed by atoms with Crippen molar-refractivity contribution < 1.29 is 9.26 Å². The van der Waals surface area contributed by atoms with Crippen molar-refractivity contribution >= 4 is 17.4 Å². The van der Waals surface area contributed by atoms with Crippen molar-refractivity contribution in [2.75, 3.05) is 5.73 Å². The maximum Gasteiger partial charge on any atom is 0.264 e. The standard InChI is InChI=1S/C14H19N3O2S/c1-14(2,3)20-9-12-16-13(19-17-12)8-18-11-6-4-5-10(15)7-11/h4-7H,8-9,15H2,1-3H3. The molecule has 0 saturated carbocycles. The third-order valence-corrected chi connectivity index (χ3v) is 3.63. The number of thioether (sulfide) groups is 1. The summed E-state index contributed by atoms with van der Waals surface area (Å²) in [4.78, 5) is 4.30. The first kappa shape index (κ1) is 14.7. The molecule has 0 atom stereocenters. The van der Waals surface area contributed by atoms with E-state index in [1.165, 1.54) is 0 Å². The van der Waals surface area contributed by atoms with Crippen molar-refractivity contribution in [2.24, 2.45) is 0 Å². The summed E-state index contributed by atoms with van der Waals surface area (Å²) in [6, 6.07) is 7.24. The van der Waals surface area contributed by atoms with Crippen molar-refractivity contribution in [3.8, 4) is 5.75 Å². The minimum absolute atomic E-state index is 0.179. The second-order valence-electron chi connectivity index (χ2n) is 5.37. The quantitative estimate of drug-likeness (QED) is 0.853. The fourth-order valence-corrected chi connectivity index (χ4v) is 2.12. The number of nitrogens with two attached hydrogens (primary N) is 1. The summed E-state index contributed by atoms with van der Waals surface area (Å²) in [6.07, 6.45) is 0. The number of nitrogens with zero attached hydrogens (tertiary/aromatic N) is 2. The van der Waals surface area contributed by atoms with Gasteiger partial charge in [-0.2, -0.15) is 4.98 Å². The van der Waals surface area contributed by atoms with Crippen molar-refractivity contribution in [3.63, 3.8) is 0 Å². The van der Waals surface area contributed by atoms with Crippen LogP contribution in [0.2, 0.25) is 0 Å². The van der Waals surface area contributed by atoms with Crippen LogP contribution in [0.3, 0.4) is 0 Å². The Hall–Kier alpha value is -1.69. The molecule has 6 heteroatoms. The van der Waals surface area contributed by atoms with Gasteiger partial charge in [0.15, 0.2) is 12.4 Å². The fraction of sp³-hybridized carbons (Fsp3) is 0.429. The van der Waals surface area contributed by atoms with Gasteiger partial charge in [-0.25, -0.2) is 0 Å². The summed E-state index contributed by atoms with van der Waals surface area (Å²) >= 11 is 1.77. The number of ether oxygens (including phenoxy) is 1. The molecule has 20 heavy (non-hydrogen) atoms. The molecule has 0 unspecified atom stereocenters. The average Bonchev–Trinajstić information content (AvgIpc) is 2.81. The van der Waals surface area contributed by atoms with Crippen molar-refractivity contribution in [1.29, 1.82) is 0 Å². The monoisotopic (exact) mass is 293 g/mol. The minimum Gasteiger partial charge on any atom is -0.484 e. The zero-order chi connectivity index (χ0) is 14.6. The number of rotatable bonds is 5. The molecule has 108 valence electrons. The van der Waals surface area contributed by atoms with Crippen LogP contribution in [0.25, 0.3) is 0 Å². The molecule has 0 amide bonds. The molecule has 0 aliphatic heterocycles. The van der Waals surface area contributed by atoms with Gasteiger partial charge in [-0.15, -0.1) is 11.8 Å². The SMILES string of the molecule is CC(C)(C)SCc1noc(COc2cccc(N)c2)n1. The van der Waals surface area contributed by atoms with E-state index < -0.39 is 0 Å². The molecule has 0 bridgehead atoms. The van der Waals surface area contributed by atoms with Crippen LogP contribution >= 0.6 is 11.8 Å². The van der Waals surface area contributed by atoms with Crippen LogP contribution in [0.4, 0.5) is 5.69 Å². The molecule has 0 spiro atoms. The molecule has 0 fully saturated rings. The fourth-order valence-electron chi connectivity index (χ4n) is 1.44. The van der Waals surface area contributed by atoms with E-state index in [0.29, 0.717) is 23.2 Å². The third-order valence-electron chi connectivity index (χ3n) is 2.36. The lowest BCUT2D eigenvalue weighted by Crippen LogP contribution is -2.07. The molecule has 1 aromatic heterocycles. The number of anilines is 1. The van der Waals surface area contributed by atoms with E-state index in [2.05, 4.69) is 30.9 Å². The van der Waals surface area contributed by atoms with E-state index in [4.69, 9.17) is 15.0 Å². The zero-order valence-electron chi connectivity index (χ0n) is 11.9. The summed E-state index contributed by atoms with van der Waals surface area (Å²) in [6.45, 7) is 6.71. The number of hydrogen-bond acceptors (Lipinski definition) is 6. The van der Waals surface area contributed by atoms with Gasteiger partial charge in [0.1, 0.15) is 5.75 Å². The molecule has 0 radical (unpaired) electrons. The normalized spacial score (nSPS) is 11.6. The zero-order valence-corrected chi connectivity index (χ0v) is 12.7. The molecule has 2 rings (SSSR count). The van der Waals surface area contributed by atoms with E-state index >= 15 is 0 Å². The van der Waals surface area contributed by atoms with Gasteiger partial charge in [0.2, 0.25) is 0 Å². The van der Waals surface area contributed by atoms with Gasteiger partial charge in [-0.05, 0) is 12.1 Å². The van der Waals surface area contributed by atoms with Crippen LogP contribution < -0.4 is 10.5 Å². The Bertz CT molecular complexity index is 564. The molecular formula is C14H19N3O2S. The van der Waals surface area contributed by atoms with Crippen molar-refractivity contribution in [2.45, 2.75) is 37.9 Å². The Morgan fingerprint density at radius 1 is 1.35 bits per heavy atom. The smallest absolute Gasteiger partial charge is 0.264 e. The highest BCUT2D eigenvalue weighted by Gasteiger charge is 2.14. The average molecular weight is 293 g/mol. The van der Waals surface area contributed by atoms with Gasteiger partial charge in [-0.3, -0.25) is 0 Å². The predicted octanol–water partition coefficient (Wildman–Crippen LogP) is 3.26. The lowest BCUT2D eigenvalue weighted by molar-refractivity contribution is 0.242. The summed E-state index contributed by atoms with van der Waals surface area (Å²) < 4.78 is 10.9. The van der Waals surface area contributed by atoms with Crippen LogP contribution in [0.5, 0.6) is 5.75 Å². The van der Waals surface area contributed by atoms with Crippen LogP contribution in [0.1, 0.15) is 32.5 Å². The van der Waals surface area contributed by atoms with Crippen LogP contribution in [0, 0.1) is 0 Å². The summed E-state index contributed by atoms with van der Waals surface area (Å²) in [5, 5.41) is 3.94. The first-order valence-corrected chi connectivity index (χ1v) is 7.35. The van der Waals surface area contributed by atoms with E-state index in [1.54, 1.807) is 23.9 Å². The Morgan fingerprint density at radius 2 is 2.15 bits per heavy atom. The summed E-state index contributed by atoms with van der Waals surface area (Å²) in [5.74, 6) is 2.58. The first-order valence-electron chi connectivity index (χ1n) is 6.36. The highest BCUT2D eigenvalue weighted by atomic mass is 32.2. The first-order chi connectivity index (χ1) is 9.42. The van der Waals surface area contributed by atoms with Gasteiger partial charge < -0.3 is 15.0 Å². The minimum atomic E-state index is 0.179. The van der Waals surface area contributed by atoms with Gasteiger partial charge in [-0.1, -0.05) is 32.0 Å². The molecular weight excluding hydrogens is 274 g/mol. The van der Waals surface area contributed by atoms with Crippen LogP contribution in [0.15, 0.2) is 28.8 Å². The molecule has 2 aromatic rings. The maximum atomic E-state index is 5.68. The van der Waals surface area contributed by atoms with Gasteiger partial charge >= 0.3 is 0 Å². The highest BCUT2D eigenvalue weighted by molar-refractivity contribution is 7.99. The number of benzene rings is 1. The van der Waals surface area contributed by atoms with Gasteiger partial charge in [0, 0.05) is 16.5 Å². The molecule has 1 heterocycles. The summed E-state index contributed by atoms with van der Waals surface area (Å²) in [5.41, 5.74) is 6.34. The van der Waals surface area contributed by atoms with Gasteiger partial charge in [0.05, 0.1) is 5.75 Å². The second kappa shape index (κ2) is 6.17. The van der Waals surface area contributed by atoms with E-state index in [0.717, 1.165) is 5.75 Å². The Kier molecular flexibility index (Phi) is 4.54. The van der Waals surface area contributed by atoms with Crippen molar-refractivity contribution in [3.05, 3.63) is 36.0 Å². The molecule has 0 aliphatic rings. The predicted molar refractivity (Wildman–Crippen MR) is 80.5 cm³/mol. The van der Waals surface area contributed by atoms with E-state index in [1.807, 2.05) is 12.1 Å². The molecule has 0 saturated heterocycles. The Balaban J connectivity index is 1.87. The molecule has 0 aliphatic carbocycles. The van der Waals surface area contributed by atoms with E-state index in [9.17, 15) is 0 Å². The maximum absolute atomic E-state index is 5.68. The molecule has 5 nitrogen and oxygen atoms in total. The van der Waals surface area contributed by atoms with E-state index in [-0.39, 0.29) is 11.4 Å². The largest absolute Gasteiger partial charge is 0.484 e. The number of hydrogen-bond donors (Lipinski definition) is 1. The van der Waals surface area contributed by atoms with Crippen LogP contribution in [-0.2, 0) is 12.4 Å². The lowest BCUT2D eigenvalue weighted by atomic mass is 10.3.